The third kappa shape index (κ3) is 4.51. The molecule has 2 aliphatic carbocycles. The Kier molecular flexibility index (Phi) is 5.88. The fraction of sp³-hybridized carbons (Fsp3) is 0.571. The summed E-state index contributed by atoms with van der Waals surface area (Å²) < 4.78 is 31.9. The van der Waals surface area contributed by atoms with Crippen LogP contribution < -0.4 is 5.32 Å². The second-order valence-electron chi connectivity index (χ2n) is 8.50. The van der Waals surface area contributed by atoms with Crippen molar-refractivity contribution in [1.29, 1.82) is 5.26 Å². The largest absolute Gasteiger partial charge is 0.446 e. The van der Waals surface area contributed by atoms with Crippen molar-refractivity contribution in [3.8, 4) is 6.07 Å². The van der Waals surface area contributed by atoms with E-state index in [2.05, 4.69) is 11.4 Å². The van der Waals surface area contributed by atoms with Crippen molar-refractivity contribution in [2.24, 2.45) is 0 Å². The van der Waals surface area contributed by atoms with Crippen LogP contribution in [0, 0.1) is 11.3 Å². The van der Waals surface area contributed by atoms with Gasteiger partial charge >= 0.3 is 6.09 Å². The second kappa shape index (κ2) is 8.32. The lowest BCUT2D eigenvalue weighted by atomic mass is 10.2. The Morgan fingerprint density at radius 1 is 1.19 bits per heavy atom. The van der Waals surface area contributed by atoms with Gasteiger partial charge in [0, 0.05) is 11.6 Å². The zero-order valence-corrected chi connectivity index (χ0v) is 18.5. The van der Waals surface area contributed by atoms with E-state index in [0.29, 0.717) is 17.9 Å². The van der Waals surface area contributed by atoms with Crippen molar-refractivity contribution in [3.63, 3.8) is 0 Å². The number of nitriles is 1. The molecule has 1 aromatic carbocycles. The van der Waals surface area contributed by atoms with Crippen LogP contribution in [-0.2, 0) is 19.4 Å². The van der Waals surface area contributed by atoms with Gasteiger partial charge in [-0.25, -0.2) is 13.2 Å². The first-order valence-corrected chi connectivity index (χ1v) is 12.4. The molecule has 1 N–H and O–H groups in total. The van der Waals surface area contributed by atoms with E-state index in [9.17, 15) is 23.3 Å². The Hall–Kier alpha value is -2.31. The molecule has 2 amide bonds. The van der Waals surface area contributed by atoms with Gasteiger partial charge in [0.15, 0.2) is 9.84 Å². The van der Waals surface area contributed by atoms with Crippen molar-refractivity contribution in [1.82, 2.24) is 10.2 Å². The van der Waals surface area contributed by atoms with E-state index in [1.807, 2.05) is 0 Å². The molecule has 8 nitrogen and oxygen atoms in total. The summed E-state index contributed by atoms with van der Waals surface area (Å²) >= 11 is 5.87. The normalized spacial score (nSPS) is 25.1. The summed E-state index contributed by atoms with van der Waals surface area (Å²) in [6, 6.07) is 6.89. The number of carbonyl (C=O) groups excluding carboxylic acids is 2. The molecule has 1 saturated heterocycles. The average Bonchev–Trinajstić information content (AvgIpc) is 3.14. The summed E-state index contributed by atoms with van der Waals surface area (Å²) in [5.74, 6) is -0.517. The number of nitrogens with zero attached hydrogens (tertiary/aromatic N) is 2. The lowest BCUT2D eigenvalue weighted by Gasteiger charge is -2.25. The molecule has 0 bridgehead atoms. The number of sulfone groups is 1. The van der Waals surface area contributed by atoms with Crippen molar-refractivity contribution in [2.75, 3.05) is 6.54 Å². The Morgan fingerprint density at radius 3 is 2.42 bits per heavy atom. The van der Waals surface area contributed by atoms with E-state index in [1.54, 1.807) is 0 Å². The van der Waals surface area contributed by atoms with Crippen molar-refractivity contribution >= 4 is 33.4 Å². The van der Waals surface area contributed by atoms with E-state index in [1.165, 1.54) is 29.2 Å². The van der Waals surface area contributed by atoms with Gasteiger partial charge in [-0.05, 0) is 69.2 Å². The minimum Gasteiger partial charge on any atom is -0.446 e. The number of likely N-dealkylation sites (tertiary alicyclic amines) is 1. The summed E-state index contributed by atoms with van der Waals surface area (Å²) in [7, 11) is -3.80. The van der Waals surface area contributed by atoms with Gasteiger partial charge in [0.25, 0.3) is 0 Å². The molecule has 3 fully saturated rings. The number of hydrogen-bond acceptors (Lipinski definition) is 6. The summed E-state index contributed by atoms with van der Waals surface area (Å²) in [5, 5.41) is 11.4. The van der Waals surface area contributed by atoms with E-state index in [0.717, 1.165) is 25.7 Å². The number of amides is 2. The van der Waals surface area contributed by atoms with Crippen molar-refractivity contribution in [3.05, 3.63) is 29.3 Å². The molecule has 2 saturated carbocycles. The number of carbonyl (C=O) groups is 2. The Balaban J connectivity index is 1.56. The first-order chi connectivity index (χ1) is 14.7. The van der Waals surface area contributed by atoms with Gasteiger partial charge < -0.3 is 10.1 Å². The molecule has 0 unspecified atom stereocenters. The van der Waals surface area contributed by atoms with Gasteiger partial charge in [-0.1, -0.05) is 11.6 Å². The van der Waals surface area contributed by atoms with E-state index < -0.39 is 38.7 Å². The number of hydrogen-bond donors (Lipinski definition) is 1. The highest BCUT2D eigenvalue weighted by Crippen LogP contribution is 2.36. The molecule has 1 aromatic rings. The fourth-order valence-corrected chi connectivity index (χ4v) is 6.03. The van der Waals surface area contributed by atoms with E-state index in [-0.39, 0.29) is 24.0 Å². The maximum atomic E-state index is 13.2. The number of ether oxygens (including phenoxy) is 1. The molecule has 1 aliphatic heterocycles. The molecule has 0 spiro atoms. The molecule has 4 rings (SSSR count). The van der Waals surface area contributed by atoms with E-state index >= 15 is 0 Å². The highest BCUT2D eigenvalue weighted by Gasteiger charge is 2.50. The van der Waals surface area contributed by atoms with Gasteiger partial charge in [-0.3, -0.25) is 9.69 Å². The van der Waals surface area contributed by atoms with Crippen LogP contribution in [0.1, 0.15) is 44.9 Å². The summed E-state index contributed by atoms with van der Waals surface area (Å²) in [4.78, 5) is 27.1. The monoisotopic (exact) mass is 465 g/mol. The molecule has 1 heterocycles. The minimum absolute atomic E-state index is 0.0575. The smallest absolute Gasteiger partial charge is 0.410 e. The number of rotatable bonds is 5. The standard InChI is InChI=1S/C21H24ClN3O5S/c22-14-5-7-16(8-6-14)31(28,29)17-11-18(19(26)24-21(13-23)9-10-21)25(12-17)20(27)30-15-3-1-2-4-15/h5-8,15,17-18H,1-4,9-12H2,(H,24,26)/t17-,18+/m1/s1. The zero-order chi connectivity index (χ0) is 22.2. The third-order valence-electron chi connectivity index (χ3n) is 6.28. The Labute approximate surface area is 186 Å². The fourth-order valence-electron chi connectivity index (χ4n) is 4.21. The number of nitrogens with one attached hydrogen (secondary N) is 1. The molecule has 0 radical (unpaired) electrons. The van der Waals surface area contributed by atoms with Gasteiger partial charge in [-0.2, -0.15) is 5.26 Å². The molecular formula is C21H24ClN3O5S. The summed E-state index contributed by atoms with van der Waals surface area (Å²) in [5.41, 5.74) is -0.911. The van der Waals surface area contributed by atoms with Crippen LogP contribution in [0.5, 0.6) is 0 Å². The van der Waals surface area contributed by atoms with Crippen molar-refractivity contribution < 1.29 is 22.7 Å². The van der Waals surface area contributed by atoms with Crippen LogP contribution in [0.3, 0.4) is 0 Å². The predicted octanol–water partition coefficient (Wildman–Crippen LogP) is 2.81. The van der Waals surface area contributed by atoms with Crippen LogP contribution in [0.25, 0.3) is 0 Å². The molecule has 166 valence electrons. The Bertz CT molecular complexity index is 1010. The van der Waals surface area contributed by atoms with Gasteiger partial charge in [0.05, 0.1) is 16.2 Å². The minimum atomic E-state index is -3.80. The third-order valence-corrected chi connectivity index (χ3v) is 8.68. The maximum absolute atomic E-state index is 13.2. The molecule has 3 aliphatic rings. The van der Waals surface area contributed by atoms with Gasteiger partial charge in [0.1, 0.15) is 17.7 Å². The molecule has 10 heteroatoms. The highest BCUT2D eigenvalue weighted by atomic mass is 35.5. The van der Waals surface area contributed by atoms with Crippen LogP contribution in [0.4, 0.5) is 4.79 Å². The molecular weight excluding hydrogens is 442 g/mol. The number of benzene rings is 1. The zero-order valence-electron chi connectivity index (χ0n) is 16.9. The average molecular weight is 466 g/mol. The highest BCUT2D eigenvalue weighted by molar-refractivity contribution is 7.92. The maximum Gasteiger partial charge on any atom is 0.410 e. The summed E-state index contributed by atoms with van der Waals surface area (Å²) in [6.45, 7) is -0.145. The van der Waals surface area contributed by atoms with Crippen LogP contribution in [0.15, 0.2) is 29.2 Å². The lowest BCUT2D eigenvalue weighted by Crippen LogP contribution is -2.49. The Morgan fingerprint density at radius 2 is 1.84 bits per heavy atom. The molecule has 2 atom stereocenters. The molecule has 31 heavy (non-hydrogen) atoms. The quantitative estimate of drug-likeness (QED) is 0.714. The topological polar surface area (TPSA) is 117 Å². The first kappa shape index (κ1) is 21.9. The number of halogens is 1. The van der Waals surface area contributed by atoms with E-state index in [4.69, 9.17) is 16.3 Å². The van der Waals surface area contributed by atoms with Gasteiger partial charge in [-0.15, -0.1) is 0 Å². The predicted molar refractivity (Wildman–Crippen MR) is 112 cm³/mol. The van der Waals surface area contributed by atoms with Crippen molar-refractivity contribution in [2.45, 2.75) is 72.8 Å². The second-order valence-corrected chi connectivity index (χ2v) is 11.2. The molecule has 0 aromatic heterocycles. The van der Waals surface area contributed by atoms with Crippen LogP contribution in [-0.4, -0.2) is 54.8 Å². The lowest BCUT2D eigenvalue weighted by molar-refractivity contribution is -0.125. The summed E-state index contributed by atoms with van der Waals surface area (Å²) in [6.07, 6.45) is 3.61. The van der Waals surface area contributed by atoms with Crippen LogP contribution >= 0.6 is 11.6 Å². The van der Waals surface area contributed by atoms with Crippen LogP contribution in [0.2, 0.25) is 5.02 Å². The van der Waals surface area contributed by atoms with Gasteiger partial charge in [0.2, 0.25) is 5.91 Å². The first-order valence-electron chi connectivity index (χ1n) is 10.4. The SMILES string of the molecule is N#CC1(NC(=O)[C@@H]2C[C@@H](S(=O)(=O)c3ccc(Cl)cc3)CN2C(=O)OC2CCCC2)CC1.